The van der Waals surface area contributed by atoms with E-state index in [-0.39, 0.29) is 18.1 Å². The zero-order valence-electron chi connectivity index (χ0n) is 12.4. The number of aromatic nitrogens is 2. The van der Waals surface area contributed by atoms with Crippen LogP contribution in [-0.4, -0.2) is 39.8 Å². The van der Waals surface area contributed by atoms with Crippen LogP contribution in [0.25, 0.3) is 0 Å². The van der Waals surface area contributed by atoms with Crippen molar-refractivity contribution in [3.8, 4) is 5.75 Å². The van der Waals surface area contributed by atoms with Crippen LogP contribution in [0, 0.1) is 0 Å². The fraction of sp³-hybridized carbons (Fsp3) is 0.375. The molecule has 0 N–H and O–H groups in total. The topological polar surface area (TPSA) is 47.4 Å². The Labute approximate surface area is 134 Å². The third-order valence-electron chi connectivity index (χ3n) is 3.78. The van der Waals surface area contributed by atoms with Gasteiger partial charge in [0.15, 0.2) is 0 Å². The normalized spacial score (nSPS) is 16.2. The molecule has 1 aromatic carbocycles. The van der Waals surface area contributed by atoms with Crippen molar-refractivity contribution in [3.05, 3.63) is 47.7 Å². The van der Waals surface area contributed by atoms with E-state index in [0.717, 1.165) is 0 Å². The molecule has 6 heteroatoms. The molecule has 1 aliphatic heterocycles. The van der Waals surface area contributed by atoms with E-state index in [4.69, 9.17) is 16.3 Å². The maximum atomic E-state index is 12.2. The summed E-state index contributed by atoms with van der Waals surface area (Å²) in [6, 6.07) is 9.30. The second-order valence-corrected chi connectivity index (χ2v) is 5.92. The summed E-state index contributed by atoms with van der Waals surface area (Å²) in [5.41, 5.74) is 0. The van der Waals surface area contributed by atoms with Crippen molar-refractivity contribution in [1.82, 2.24) is 14.7 Å². The van der Waals surface area contributed by atoms with Crippen LogP contribution >= 0.6 is 11.6 Å². The molecule has 1 aliphatic rings. The minimum absolute atomic E-state index is 0.0175. The lowest BCUT2D eigenvalue weighted by molar-refractivity contribution is -0.140. The number of carbonyl (C=O) groups is 1. The average Bonchev–Trinajstić information content (AvgIpc) is 2.98. The van der Waals surface area contributed by atoms with Crippen LogP contribution in [-0.2, 0) is 4.79 Å². The number of amides is 1. The molecule has 1 aromatic heterocycles. The Morgan fingerprint density at radius 2 is 2.18 bits per heavy atom. The van der Waals surface area contributed by atoms with E-state index < -0.39 is 0 Å². The first-order chi connectivity index (χ1) is 10.6. The van der Waals surface area contributed by atoms with Crippen LogP contribution in [0.1, 0.15) is 19.4 Å². The third-order valence-corrected chi connectivity index (χ3v) is 4.09. The van der Waals surface area contributed by atoms with Gasteiger partial charge in [0, 0.05) is 18.8 Å². The van der Waals surface area contributed by atoms with Gasteiger partial charge in [-0.15, -0.1) is 0 Å². The summed E-state index contributed by atoms with van der Waals surface area (Å²) < 4.78 is 7.60. The molecule has 2 heterocycles. The van der Waals surface area contributed by atoms with Crippen LogP contribution in [0.5, 0.6) is 5.75 Å². The van der Waals surface area contributed by atoms with Crippen LogP contribution in [0.3, 0.4) is 0 Å². The number of ether oxygens (including phenoxy) is 1. The van der Waals surface area contributed by atoms with Gasteiger partial charge >= 0.3 is 0 Å². The number of para-hydroxylation sites is 1. The number of nitrogens with zero attached hydrogens (tertiary/aromatic N) is 3. The van der Waals surface area contributed by atoms with Crippen molar-refractivity contribution in [2.45, 2.75) is 25.5 Å². The Morgan fingerprint density at radius 1 is 1.41 bits per heavy atom. The Bertz CT molecular complexity index is 639. The van der Waals surface area contributed by atoms with Gasteiger partial charge in [-0.1, -0.05) is 23.7 Å². The number of likely N-dealkylation sites (tertiary alicyclic amines) is 1. The summed E-state index contributed by atoms with van der Waals surface area (Å²) in [7, 11) is 0. The molecule has 1 fully saturated rings. The molecule has 116 valence electrons. The van der Waals surface area contributed by atoms with E-state index in [0.29, 0.717) is 30.3 Å². The summed E-state index contributed by atoms with van der Waals surface area (Å²) >= 11 is 6.06. The SMILES string of the molecule is C[C@@H](CC(=O)N1CC(Oc2ccccc2Cl)C1)n1cccn1. The van der Waals surface area contributed by atoms with Gasteiger partial charge in [-0.2, -0.15) is 5.10 Å². The first-order valence-electron chi connectivity index (χ1n) is 7.31. The number of benzene rings is 1. The van der Waals surface area contributed by atoms with Gasteiger partial charge in [0.25, 0.3) is 0 Å². The highest BCUT2D eigenvalue weighted by Crippen LogP contribution is 2.27. The summed E-state index contributed by atoms with van der Waals surface area (Å²) in [6.45, 7) is 3.20. The van der Waals surface area contributed by atoms with Crippen molar-refractivity contribution in [2.24, 2.45) is 0 Å². The monoisotopic (exact) mass is 319 g/mol. The van der Waals surface area contributed by atoms with E-state index in [1.807, 2.05) is 42.3 Å². The Morgan fingerprint density at radius 3 is 2.86 bits per heavy atom. The third kappa shape index (κ3) is 3.25. The van der Waals surface area contributed by atoms with Crippen LogP contribution in [0.15, 0.2) is 42.7 Å². The molecule has 0 unspecified atom stereocenters. The van der Waals surface area contributed by atoms with E-state index in [9.17, 15) is 4.79 Å². The summed E-state index contributed by atoms with van der Waals surface area (Å²) in [5.74, 6) is 0.799. The van der Waals surface area contributed by atoms with Crippen LogP contribution < -0.4 is 4.74 Å². The lowest BCUT2D eigenvalue weighted by atomic mass is 10.1. The fourth-order valence-corrected chi connectivity index (χ4v) is 2.63. The van der Waals surface area contributed by atoms with E-state index in [1.165, 1.54) is 0 Å². The molecule has 0 aliphatic carbocycles. The maximum Gasteiger partial charge on any atom is 0.224 e. The maximum absolute atomic E-state index is 12.2. The highest BCUT2D eigenvalue weighted by molar-refractivity contribution is 6.32. The van der Waals surface area contributed by atoms with Gasteiger partial charge < -0.3 is 9.64 Å². The second kappa shape index (κ2) is 6.40. The molecule has 0 radical (unpaired) electrons. The molecule has 0 bridgehead atoms. The summed E-state index contributed by atoms with van der Waals surface area (Å²) in [5, 5.41) is 4.76. The Hall–Kier alpha value is -2.01. The molecule has 1 atom stereocenters. The van der Waals surface area contributed by atoms with Gasteiger partial charge in [0.2, 0.25) is 5.91 Å². The smallest absolute Gasteiger partial charge is 0.224 e. The van der Waals surface area contributed by atoms with Crippen molar-refractivity contribution < 1.29 is 9.53 Å². The highest BCUT2D eigenvalue weighted by atomic mass is 35.5. The zero-order chi connectivity index (χ0) is 15.5. The Kier molecular flexibility index (Phi) is 4.34. The predicted octanol–water partition coefficient (Wildman–Crippen LogP) is 2.78. The van der Waals surface area contributed by atoms with E-state index in [1.54, 1.807) is 16.9 Å². The Balaban J connectivity index is 1.47. The molecule has 0 spiro atoms. The average molecular weight is 320 g/mol. The summed E-state index contributed by atoms with van der Waals surface area (Å²) in [6.07, 6.45) is 4.06. The number of halogens is 1. The van der Waals surface area contributed by atoms with Crippen LogP contribution in [0.2, 0.25) is 5.02 Å². The zero-order valence-corrected chi connectivity index (χ0v) is 13.1. The standard InChI is InChI=1S/C16H18ClN3O2/c1-12(20-8-4-7-18-20)9-16(21)19-10-13(11-19)22-15-6-3-2-5-14(15)17/h2-8,12-13H,9-11H2,1H3/t12-/m0/s1. The molecule has 3 rings (SSSR count). The molecule has 1 saturated heterocycles. The molecular formula is C16H18ClN3O2. The lowest BCUT2D eigenvalue weighted by Gasteiger charge is -2.39. The van der Waals surface area contributed by atoms with Crippen molar-refractivity contribution in [3.63, 3.8) is 0 Å². The minimum atomic E-state index is 0.0175. The van der Waals surface area contributed by atoms with Gasteiger partial charge in [-0.25, -0.2) is 0 Å². The fourth-order valence-electron chi connectivity index (χ4n) is 2.45. The van der Waals surface area contributed by atoms with E-state index >= 15 is 0 Å². The molecule has 22 heavy (non-hydrogen) atoms. The lowest BCUT2D eigenvalue weighted by Crippen LogP contribution is -2.56. The van der Waals surface area contributed by atoms with E-state index in [2.05, 4.69) is 5.10 Å². The van der Waals surface area contributed by atoms with Gasteiger partial charge in [-0.05, 0) is 25.1 Å². The second-order valence-electron chi connectivity index (χ2n) is 5.51. The number of rotatable bonds is 5. The summed E-state index contributed by atoms with van der Waals surface area (Å²) in [4.78, 5) is 14.0. The first-order valence-corrected chi connectivity index (χ1v) is 7.69. The van der Waals surface area contributed by atoms with Crippen LogP contribution in [0.4, 0.5) is 0 Å². The molecule has 0 saturated carbocycles. The molecule has 2 aromatic rings. The quantitative estimate of drug-likeness (QED) is 0.851. The predicted molar refractivity (Wildman–Crippen MR) is 84.0 cm³/mol. The number of hydrogen-bond acceptors (Lipinski definition) is 3. The number of carbonyl (C=O) groups excluding carboxylic acids is 1. The minimum Gasteiger partial charge on any atom is -0.485 e. The molecule has 1 amide bonds. The number of hydrogen-bond donors (Lipinski definition) is 0. The van der Waals surface area contributed by atoms with Crippen molar-refractivity contribution in [1.29, 1.82) is 0 Å². The largest absolute Gasteiger partial charge is 0.485 e. The molecule has 5 nitrogen and oxygen atoms in total. The van der Waals surface area contributed by atoms with Crippen molar-refractivity contribution in [2.75, 3.05) is 13.1 Å². The first kappa shape index (κ1) is 14.9. The highest BCUT2D eigenvalue weighted by Gasteiger charge is 2.33. The van der Waals surface area contributed by atoms with Gasteiger partial charge in [0.1, 0.15) is 11.9 Å². The molecular weight excluding hydrogens is 302 g/mol. The van der Waals surface area contributed by atoms with Gasteiger partial charge in [-0.3, -0.25) is 9.48 Å². The van der Waals surface area contributed by atoms with Gasteiger partial charge in [0.05, 0.1) is 24.2 Å². The van der Waals surface area contributed by atoms with Crippen molar-refractivity contribution >= 4 is 17.5 Å².